The van der Waals surface area contributed by atoms with E-state index in [0.29, 0.717) is 17.0 Å². The summed E-state index contributed by atoms with van der Waals surface area (Å²) < 4.78 is 44.2. The number of aliphatic imine (C=N–C) groups is 1. The van der Waals surface area contributed by atoms with Crippen molar-refractivity contribution >= 4 is 17.6 Å². The SMILES string of the molecule is CNc1nc(-c2cccnc2)n(-c2ccc(OC)cc2)c(=O)c1C(N)=NC(=O)C(F)(F)F. The maximum absolute atomic E-state index is 13.4. The van der Waals surface area contributed by atoms with Crippen LogP contribution in [0.2, 0.25) is 0 Å². The summed E-state index contributed by atoms with van der Waals surface area (Å²) in [7, 11) is 2.87. The van der Waals surface area contributed by atoms with Crippen molar-refractivity contribution in [2.75, 3.05) is 19.5 Å². The number of anilines is 1. The summed E-state index contributed by atoms with van der Waals surface area (Å²) in [4.78, 5) is 36.0. The van der Waals surface area contributed by atoms with Gasteiger partial charge < -0.3 is 15.8 Å². The van der Waals surface area contributed by atoms with Crippen LogP contribution < -0.4 is 21.3 Å². The lowest BCUT2D eigenvalue weighted by Crippen LogP contribution is -2.34. The van der Waals surface area contributed by atoms with Crippen LogP contribution in [-0.4, -0.2) is 46.6 Å². The highest BCUT2D eigenvalue weighted by molar-refractivity contribution is 6.07. The first-order chi connectivity index (χ1) is 15.2. The van der Waals surface area contributed by atoms with E-state index in [1.807, 2.05) is 0 Å². The Morgan fingerprint density at radius 1 is 1.22 bits per heavy atom. The summed E-state index contributed by atoms with van der Waals surface area (Å²) in [6, 6.07) is 9.57. The van der Waals surface area contributed by atoms with Crippen molar-refractivity contribution in [2.45, 2.75) is 6.18 Å². The maximum Gasteiger partial charge on any atom is 0.473 e. The molecule has 0 saturated carbocycles. The molecule has 166 valence electrons. The van der Waals surface area contributed by atoms with Gasteiger partial charge in [0.05, 0.1) is 12.8 Å². The van der Waals surface area contributed by atoms with Gasteiger partial charge in [-0.15, -0.1) is 0 Å². The van der Waals surface area contributed by atoms with E-state index >= 15 is 0 Å². The van der Waals surface area contributed by atoms with E-state index in [-0.39, 0.29) is 11.6 Å². The van der Waals surface area contributed by atoms with Crippen LogP contribution in [0, 0.1) is 0 Å². The predicted octanol–water partition coefficient (Wildman–Crippen LogP) is 2.14. The number of benzene rings is 1. The molecule has 0 saturated heterocycles. The first-order valence-electron chi connectivity index (χ1n) is 9.02. The van der Waals surface area contributed by atoms with E-state index in [9.17, 15) is 22.8 Å². The quantitative estimate of drug-likeness (QED) is 0.454. The van der Waals surface area contributed by atoms with Crippen LogP contribution in [-0.2, 0) is 4.79 Å². The Bertz CT molecular complexity index is 1220. The van der Waals surface area contributed by atoms with Gasteiger partial charge in [0, 0.05) is 25.0 Å². The number of amides is 1. The van der Waals surface area contributed by atoms with Gasteiger partial charge in [-0.25, -0.2) is 4.98 Å². The first-order valence-corrected chi connectivity index (χ1v) is 9.02. The number of alkyl halides is 3. The van der Waals surface area contributed by atoms with Gasteiger partial charge >= 0.3 is 12.1 Å². The van der Waals surface area contributed by atoms with Crippen molar-refractivity contribution in [2.24, 2.45) is 10.7 Å². The highest BCUT2D eigenvalue weighted by atomic mass is 19.4. The molecule has 1 aromatic carbocycles. The largest absolute Gasteiger partial charge is 0.497 e. The molecule has 3 aromatic rings. The molecule has 2 aromatic heterocycles. The minimum atomic E-state index is -5.25. The Morgan fingerprint density at radius 2 is 1.91 bits per heavy atom. The number of pyridine rings is 1. The Hall–Kier alpha value is -4.22. The Labute approximate surface area is 179 Å². The second-order valence-electron chi connectivity index (χ2n) is 6.29. The fourth-order valence-electron chi connectivity index (χ4n) is 2.82. The molecule has 32 heavy (non-hydrogen) atoms. The molecule has 0 aliphatic heterocycles. The zero-order chi connectivity index (χ0) is 23.5. The molecule has 0 unspecified atom stereocenters. The van der Waals surface area contributed by atoms with Crippen LogP contribution in [0.3, 0.4) is 0 Å². The summed E-state index contributed by atoms with van der Waals surface area (Å²) in [5, 5.41) is 2.62. The standard InChI is InChI=1S/C20H17F3N6O3/c1-25-16-14(15(24)27-19(31)20(21,22)23)18(30)29(12-5-7-13(32-2)8-6-12)17(28-16)11-4-3-9-26-10-11/h3-10,25H,1-2H3,(H2,24,27,31). The normalized spacial score (nSPS) is 11.8. The van der Waals surface area contributed by atoms with Gasteiger partial charge in [-0.05, 0) is 36.4 Å². The number of aromatic nitrogens is 3. The first kappa shape index (κ1) is 22.5. The topological polar surface area (TPSA) is 124 Å². The summed E-state index contributed by atoms with van der Waals surface area (Å²) >= 11 is 0. The van der Waals surface area contributed by atoms with Crippen LogP contribution in [0.1, 0.15) is 5.56 Å². The number of hydrogen-bond donors (Lipinski definition) is 2. The molecule has 0 bridgehead atoms. The molecule has 1 amide bonds. The fraction of sp³-hybridized carbons (Fsp3) is 0.150. The molecule has 3 N–H and O–H groups in total. The summed E-state index contributed by atoms with van der Waals surface area (Å²) in [5.41, 5.74) is 5.09. The van der Waals surface area contributed by atoms with Crippen LogP contribution in [0.25, 0.3) is 17.1 Å². The molecule has 0 spiro atoms. The van der Waals surface area contributed by atoms with Crippen molar-refractivity contribution in [3.8, 4) is 22.8 Å². The van der Waals surface area contributed by atoms with E-state index in [0.717, 1.165) is 4.57 Å². The molecule has 2 heterocycles. The summed E-state index contributed by atoms with van der Waals surface area (Å²) in [6.07, 6.45) is -2.26. The number of rotatable bonds is 5. The molecule has 0 aliphatic rings. The van der Waals surface area contributed by atoms with E-state index in [2.05, 4.69) is 20.3 Å². The zero-order valence-electron chi connectivity index (χ0n) is 16.8. The van der Waals surface area contributed by atoms with Gasteiger partial charge in [0.1, 0.15) is 23.0 Å². The number of nitrogens with two attached hydrogens (primary N) is 1. The molecule has 9 nitrogen and oxygen atoms in total. The van der Waals surface area contributed by atoms with Crippen molar-refractivity contribution in [3.63, 3.8) is 0 Å². The summed E-state index contributed by atoms with van der Waals surface area (Å²) in [6.45, 7) is 0. The van der Waals surface area contributed by atoms with Crippen LogP contribution in [0.4, 0.5) is 19.0 Å². The van der Waals surface area contributed by atoms with E-state index in [4.69, 9.17) is 10.5 Å². The Kier molecular flexibility index (Phi) is 6.23. The zero-order valence-corrected chi connectivity index (χ0v) is 16.8. The van der Waals surface area contributed by atoms with E-state index in [1.54, 1.807) is 36.4 Å². The third-order valence-electron chi connectivity index (χ3n) is 4.29. The van der Waals surface area contributed by atoms with E-state index in [1.165, 1.54) is 26.6 Å². The molecular formula is C20H17F3N6O3. The third kappa shape index (κ3) is 4.43. The van der Waals surface area contributed by atoms with Gasteiger partial charge in [-0.3, -0.25) is 19.1 Å². The minimum Gasteiger partial charge on any atom is -0.497 e. The number of ether oxygens (including phenoxy) is 1. The molecule has 12 heteroatoms. The molecule has 0 radical (unpaired) electrons. The van der Waals surface area contributed by atoms with Gasteiger partial charge in [-0.2, -0.15) is 18.2 Å². The number of halogens is 3. The van der Waals surface area contributed by atoms with Crippen LogP contribution in [0.5, 0.6) is 5.75 Å². The Morgan fingerprint density at radius 3 is 2.44 bits per heavy atom. The number of carbonyl (C=O) groups excluding carboxylic acids is 1. The third-order valence-corrected chi connectivity index (χ3v) is 4.29. The molecule has 0 aliphatic carbocycles. The molecular weight excluding hydrogens is 429 g/mol. The number of nitrogens with one attached hydrogen (secondary N) is 1. The van der Waals surface area contributed by atoms with Crippen molar-refractivity contribution in [3.05, 3.63) is 64.7 Å². The van der Waals surface area contributed by atoms with Crippen molar-refractivity contribution in [1.82, 2.24) is 14.5 Å². The number of methoxy groups -OCH3 is 1. The number of amidine groups is 1. The smallest absolute Gasteiger partial charge is 0.473 e. The van der Waals surface area contributed by atoms with Gasteiger partial charge in [0.2, 0.25) is 0 Å². The lowest BCUT2D eigenvalue weighted by molar-refractivity contribution is -0.169. The lowest BCUT2D eigenvalue weighted by atomic mass is 10.2. The number of hydrogen-bond acceptors (Lipinski definition) is 6. The number of carbonyl (C=O) groups is 1. The maximum atomic E-state index is 13.4. The Balaban J connectivity index is 2.34. The van der Waals surface area contributed by atoms with Gasteiger partial charge in [-0.1, -0.05) is 0 Å². The minimum absolute atomic E-state index is 0.135. The van der Waals surface area contributed by atoms with Gasteiger partial charge in [0.15, 0.2) is 5.82 Å². The van der Waals surface area contributed by atoms with Crippen LogP contribution in [0.15, 0.2) is 58.6 Å². The highest BCUT2D eigenvalue weighted by Gasteiger charge is 2.39. The number of nitrogens with zero attached hydrogens (tertiary/aromatic N) is 4. The molecule has 3 rings (SSSR count). The van der Waals surface area contributed by atoms with E-state index < -0.39 is 29.0 Å². The van der Waals surface area contributed by atoms with Crippen molar-refractivity contribution in [1.29, 1.82) is 0 Å². The van der Waals surface area contributed by atoms with Crippen LogP contribution >= 0.6 is 0 Å². The van der Waals surface area contributed by atoms with Gasteiger partial charge in [0.25, 0.3) is 5.56 Å². The molecule has 0 atom stereocenters. The van der Waals surface area contributed by atoms with Crippen molar-refractivity contribution < 1.29 is 22.7 Å². The lowest BCUT2D eigenvalue weighted by Gasteiger charge is -2.17. The molecule has 0 fully saturated rings. The fourth-order valence-corrected chi connectivity index (χ4v) is 2.82. The monoisotopic (exact) mass is 446 g/mol. The average molecular weight is 446 g/mol. The summed E-state index contributed by atoms with van der Waals surface area (Å²) in [5.74, 6) is -2.87. The average Bonchev–Trinajstić information content (AvgIpc) is 2.78. The second kappa shape index (κ2) is 8.88. The predicted molar refractivity (Wildman–Crippen MR) is 111 cm³/mol. The highest BCUT2D eigenvalue weighted by Crippen LogP contribution is 2.24. The second-order valence-corrected chi connectivity index (χ2v) is 6.29.